The predicted octanol–water partition coefficient (Wildman–Crippen LogP) is 2.64. The Morgan fingerprint density at radius 2 is 1.59 bits per heavy atom. The minimum Gasteiger partial charge on any atom is -0.395 e. The van der Waals surface area contributed by atoms with Crippen molar-refractivity contribution in [2.75, 3.05) is 13.2 Å². The summed E-state index contributed by atoms with van der Waals surface area (Å²) in [4.78, 5) is 25.1. The third-order valence-corrected chi connectivity index (χ3v) is 5.89. The largest absolute Gasteiger partial charge is 0.395 e. The summed E-state index contributed by atoms with van der Waals surface area (Å²) in [6, 6.07) is 20.7. The number of aryl methyl sites for hydroxylation is 1. The molecule has 0 atom stereocenters. The first kappa shape index (κ1) is 24.7. The van der Waals surface area contributed by atoms with E-state index in [4.69, 9.17) is 9.29 Å². The molecule has 0 heterocycles. The van der Waals surface area contributed by atoms with Gasteiger partial charge < -0.3 is 19.9 Å². The molecule has 0 fully saturated rings. The highest BCUT2D eigenvalue weighted by Crippen LogP contribution is 2.20. The lowest BCUT2D eigenvalue weighted by Gasteiger charge is -2.11. The number of rotatable bonds is 9. The highest BCUT2D eigenvalue weighted by atomic mass is 32.2. The predicted molar refractivity (Wildman–Crippen MR) is 127 cm³/mol. The van der Waals surface area contributed by atoms with Gasteiger partial charge in [-0.2, -0.15) is 8.42 Å². The molecule has 0 saturated heterocycles. The first-order chi connectivity index (χ1) is 16.3. The fourth-order valence-corrected chi connectivity index (χ4v) is 3.80. The normalized spacial score (nSPS) is 11.5. The summed E-state index contributed by atoms with van der Waals surface area (Å²) in [5.41, 5.74) is 1.77. The molecule has 0 spiro atoms. The molecular formula is C25H24N2O6S. The van der Waals surface area contributed by atoms with Crippen LogP contribution in [0.5, 0.6) is 5.75 Å². The van der Waals surface area contributed by atoms with Crippen molar-refractivity contribution in [1.82, 2.24) is 10.6 Å². The zero-order valence-corrected chi connectivity index (χ0v) is 19.2. The van der Waals surface area contributed by atoms with E-state index >= 15 is 0 Å². The van der Waals surface area contributed by atoms with Crippen LogP contribution in [0.2, 0.25) is 0 Å². The Hall–Kier alpha value is -3.95. The van der Waals surface area contributed by atoms with Crippen LogP contribution in [0.4, 0.5) is 0 Å². The lowest BCUT2D eigenvalue weighted by Crippen LogP contribution is -2.36. The first-order valence-corrected chi connectivity index (χ1v) is 11.8. The van der Waals surface area contributed by atoms with Crippen molar-refractivity contribution < 1.29 is 27.3 Å². The minimum atomic E-state index is -4.00. The maximum Gasteiger partial charge on any atom is 0.339 e. The SMILES string of the molecule is Cc1ccc(S(=O)(=O)Oc2ccc(/C=C(/NC(=O)c3ccccc3)C(=O)NCCO)cc2)cc1. The van der Waals surface area contributed by atoms with Gasteiger partial charge in [0.1, 0.15) is 16.3 Å². The molecule has 0 radical (unpaired) electrons. The van der Waals surface area contributed by atoms with E-state index < -0.39 is 21.9 Å². The molecule has 8 nitrogen and oxygen atoms in total. The van der Waals surface area contributed by atoms with Crippen LogP contribution in [0.1, 0.15) is 21.5 Å². The second kappa shape index (κ2) is 11.3. The van der Waals surface area contributed by atoms with E-state index in [2.05, 4.69) is 10.6 Å². The Morgan fingerprint density at radius 3 is 2.21 bits per heavy atom. The Labute approximate surface area is 198 Å². The van der Waals surface area contributed by atoms with Crippen LogP contribution < -0.4 is 14.8 Å². The van der Waals surface area contributed by atoms with Crippen molar-refractivity contribution >= 4 is 28.0 Å². The molecule has 0 unspecified atom stereocenters. The molecule has 2 amide bonds. The quantitative estimate of drug-likeness (QED) is 0.320. The van der Waals surface area contributed by atoms with Crippen molar-refractivity contribution in [3.63, 3.8) is 0 Å². The molecule has 0 aliphatic heterocycles. The zero-order chi connectivity index (χ0) is 24.6. The van der Waals surface area contributed by atoms with Crippen molar-refractivity contribution in [3.05, 3.63) is 101 Å². The highest BCUT2D eigenvalue weighted by Gasteiger charge is 2.17. The molecule has 0 bridgehead atoms. The van der Waals surface area contributed by atoms with Gasteiger partial charge in [0, 0.05) is 12.1 Å². The van der Waals surface area contributed by atoms with Gasteiger partial charge in [0.15, 0.2) is 0 Å². The average Bonchev–Trinajstić information content (AvgIpc) is 2.84. The third kappa shape index (κ3) is 6.77. The number of amides is 2. The molecule has 3 aromatic carbocycles. The second-order valence-corrected chi connectivity index (χ2v) is 8.82. The van der Waals surface area contributed by atoms with Crippen LogP contribution in [-0.4, -0.2) is 38.5 Å². The van der Waals surface area contributed by atoms with E-state index in [1.807, 2.05) is 6.92 Å². The molecule has 3 aromatic rings. The van der Waals surface area contributed by atoms with Crippen LogP contribution in [0.3, 0.4) is 0 Å². The van der Waals surface area contributed by atoms with Gasteiger partial charge >= 0.3 is 10.1 Å². The number of benzene rings is 3. The lowest BCUT2D eigenvalue weighted by atomic mass is 10.1. The molecule has 176 valence electrons. The summed E-state index contributed by atoms with van der Waals surface area (Å²) in [5.74, 6) is -0.965. The lowest BCUT2D eigenvalue weighted by molar-refractivity contribution is -0.117. The molecule has 34 heavy (non-hydrogen) atoms. The van der Waals surface area contributed by atoms with Crippen molar-refractivity contribution in [2.24, 2.45) is 0 Å². The molecule has 0 aliphatic rings. The van der Waals surface area contributed by atoms with Crippen LogP contribution in [0, 0.1) is 6.92 Å². The fourth-order valence-electron chi connectivity index (χ4n) is 2.87. The highest BCUT2D eigenvalue weighted by molar-refractivity contribution is 7.87. The smallest absolute Gasteiger partial charge is 0.339 e. The Bertz CT molecular complexity index is 1270. The standard InChI is InChI=1S/C25H24N2O6S/c1-18-7-13-22(14-8-18)34(31,32)33-21-11-9-19(10-12-21)17-23(25(30)26-15-16-28)27-24(29)20-5-3-2-4-6-20/h2-14,17,28H,15-16H2,1H3,(H,26,30)(H,27,29)/b23-17+. The number of carbonyl (C=O) groups is 2. The molecule has 9 heteroatoms. The summed E-state index contributed by atoms with van der Waals surface area (Å²) in [7, 11) is -4.00. The summed E-state index contributed by atoms with van der Waals surface area (Å²) >= 11 is 0. The van der Waals surface area contributed by atoms with Gasteiger partial charge in [-0.3, -0.25) is 9.59 Å². The minimum absolute atomic E-state index is 0.0149. The van der Waals surface area contributed by atoms with Gasteiger partial charge in [-0.05, 0) is 55.0 Å². The van der Waals surface area contributed by atoms with E-state index in [0.29, 0.717) is 11.1 Å². The molecular weight excluding hydrogens is 456 g/mol. The molecule has 3 N–H and O–H groups in total. The maximum absolute atomic E-state index is 12.5. The maximum atomic E-state index is 12.5. The summed E-state index contributed by atoms with van der Waals surface area (Å²) in [6.45, 7) is 1.61. The van der Waals surface area contributed by atoms with Crippen LogP contribution in [0.15, 0.2) is 89.5 Å². The molecule has 0 aromatic heterocycles. The summed E-state index contributed by atoms with van der Waals surface area (Å²) in [6.07, 6.45) is 1.44. The topological polar surface area (TPSA) is 122 Å². The van der Waals surface area contributed by atoms with Crippen LogP contribution >= 0.6 is 0 Å². The first-order valence-electron chi connectivity index (χ1n) is 10.4. The third-order valence-electron chi connectivity index (χ3n) is 4.63. The average molecular weight is 481 g/mol. The van der Waals surface area contributed by atoms with Crippen molar-refractivity contribution in [3.8, 4) is 5.75 Å². The monoisotopic (exact) mass is 480 g/mol. The van der Waals surface area contributed by atoms with E-state index in [0.717, 1.165) is 5.56 Å². The van der Waals surface area contributed by atoms with Gasteiger partial charge in [-0.25, -0.2) is 0 Å². The summed E-state index contributed by atoms with van der Waals surface area (Å²) < 4.78 is 30.1. The number of hydrogen-bond donors (Lipinski definition) is 3. The van der Waals surface area contributed by atoms with Crippen LogP contribution in [-0.2, 0) is 14.9 Å². The van der Waals surface area contributed by atoms with Crippen molar-refractivity contribution in [1.29, 1.82) is 0 Å². The number of hydrogen-bond acceptors (Lipinski definition) is 6. The fraction of sp³-hybridized carbons (Fsp3) is 0.120. The number of aliphatic hydroxyl groups is 1. The molecule has 0 aliphatic carbocycles. The van der Waals surface area contributed by atoms with Gasteiger partial charge in [-0.15, -0.1) is 0 Å². The molecule has 3 rings (SSSR count). The molecule has 0 saturated carbocycles. The zero-order valence-electron chi connectivity index (χ0n) is 18.4. The van der Waals surface area contributed by atoms with Crippen molar-refractivity contribution in [2.45, 2.75) is 11.8 Å². The van der Waals surface area contributed by atoms with Gasteiger partial charge in [-0.1, -0.05) is 48.0 Å². The van der Waals surface area contributed by atoms with Gasteiger partial charge in [0.05, 0.1) is 6.61 Å². The summed E-state index contributed by atoms with van der Waals surface area (Å²) in [5, 5.41) is 14.1. The Morgan fingerprint density at radius 1 is 0.941 bits per heavy atom. The number of carbonyl (C=O) groups excluding carboxylic acids is 2. The van der Waals surface area contributed by atoms with Gasteiger partial charge in [0.2, 0.25) is 0 Å². The van der Waals surface area contributed by atoms with E-state index in [-0.39, 0.29) is 29.5 Å². The number of nitrogens with one attached hydrogen (secondary N) is 2. The van der Waals surface area contributed by atoms with E-state index in [1.165, 1.54) is 30.3 Å². The van der Waals surface area contributed by atoms with E-state index in [9.17, 15) is 18.0 Å². The van der Waals surface area contributed by atoms with E-state index in [1.54, 1.807) is 54.6 Å². The van der Waals surface area contributed by atoms with Gasteiger partial charge in [0.25, 0.3) is 11.8 Å². The second-order valence-electron chi connectivity index (χ2n) is 7.28. The Balaban J connectivity index is 1.79. The number of aliphatic hydroxyl groups excluding tert-OH is 1. The Kier molecular flexibility index (Phi) is 8.18. The van der Waals surface area contributed by atoms with Crippen LogP contribution in [0.25, 0.3) is 6.08 Å².